The maximum atomic E-state index is 12.3. The lowest BCUT2D eigenvalue weighted by atomic mass is 10.1. The number of ether oxygens (including phenoxy) is 2. The fourth-order valence-electron chi connectivity index (χ4n) is 2.85. The number of likely N-dealkylation sites (tertiary alicyclic amines) is 1. The minimum absolute atomic E-state index is 0.0951. The molecule has 26 heavy (non-hydrogen) atoms. The number of piperidine rings is 1. The number of methoxy groups -OCH3 is 1. The van der Waals surface area contributed by atoms with Gasteiger partial charge in [-0.05, 0) is 54.8 Å². The molecule has 0 atom stereocenters. The molecule has 2 heterocycles. The van der Waals surface area contributed by atoms with E-state index >= 15 is 0 Å². The van der Waals surface area contributed by atoms with Crippen LogP contribution in [0.25, 0.3) is 6.08 Å². The van der Waals surface area contributed by atoms with Crippen molar-refractivity contribution in [1.82, 2.24) is 4.90 Å². The molecular weight excluding hydrogens is 372 g/mol. The number of halogens is 1. The minimum atomic E-state index is -0.224. The first kappa shape index (κ1) is 18.7. The van der Waals surface area contributed by atoms with Gasteiger partial charge in [-0.2, -0.15) is 4.99 Å². The van der Waals surface area contributed by atoms with Crippen molar-refractivity contribution >= 4 is 40.5 Å². The Morgan fingerprint density at radius 3 is 2.85 bits per heavy atom. The molecule has 2 aliphatic rings. The highest BCUT2D eigenvalue weighted by molar-refractivity contribution is 8.18. The zero-order chi connectivity index (χ0) is 18.5. The van der Waals surface area contributed by atoms with E-state index < -0.39 is 0 Å². The number of amides is 1. The predicted octanol–water partition coefficient (Wildman–Crippen LogP) is 3.82. The summed E-state index contributed by atoms with van der Waals surface area (Å²) in [6, 6.07) is 3.48. The van der Waals surface area contributed by atoms with Crippen LogP contribution in [0.15, 0.2) is 22.0 Å². The number of rotatable bonds is 4. The third-order valence-electron chi connectivity index (χ3n) is 4.09. The third-order valence-corrected chi connectivity index (χ3v) is 5.41. The smallest absolute Gasteiger partial charge is 0.286 e. The van der Waals surface area contributed by atoms with Gasteiger partial charge >= 0.3 is 0 Å². The van der Waals surface area contributed by atoms with Crippen molar-refractivity contribution in [2.75, 3.05) is 26.8 Å². The fourth-order valence-corrected chi connectivity index (χ4v) is 4.09. The Kier molecular flexibility index (Phi) is 6.12. The minimum Gasteiger partial charge on any atom is -0.493 e. The summed E-state index contributed by atoms with van der Waals surface area (Å²) in [4.78, 5) is 19.2. The van der Waals surface area contributed by atoms with Crippen molar-refractivity contribution in [3.8, 4) is 23.8 Å². The molecule has 136 valence electrons. The zero-order valence-corrected chi connectivity index (χ0v) is 16.0. The Hall–Kier alpha value is -2.10. The molecule has 1 amide bonds. The monoisotopic (exact) mass is 390 g/mol. The van der Waals surface area contributed by atoms with E-state index in [0.29, 0.717) is 21.4 Å². The van der Waals surface area contributed by atoms with Gasteiger partial charge in [-0.1, -0.05) is 17.5 Å². The predicted molar refractivity (Wildman–Crippen MR) is 106 cm³/mol. The lowest BCUT2D eigenvalue weighted by Crippen LogP contribution is -2.33. The van der Waals surface area contributed by atoms with Crippen LogP contribution in [-0.4, -0.2) is 42.8 Å². The summed E-state index contributed by atoms with van der Waals surface area (Å²) in [5, 5.41) is 1.16. The number of carbonyl (C=O) groups excluding carboxylic acids is 1. The molecular formula is C19H19ClN2O3S. The summed E-state index contributed by atoms with van der Waals surface area (Å²) in [7, 11) is 1.53. The van der Waals surface area contributed by atoms with Crippen LogP contribution in [0.4, 0.5) is 0 Å². The first-order chi connectivity index (χ1) is 12.6. The van der Waals surface area contributed by atoms with Gasteiger partial charge in [-0.15, -0.1) is 6.42 Å². The number of amidine groups is 1. The van der Waals surface area contributed by atoms with Crippen LogP contribution in [0.2, 0.25) is 5.02 Å². The highest BCUT2D eigenvalue weighted by atomic mass is 35.5. The maximum Gasteiger partial charge on any atom is 0.286 e. The Balaban J connectivity index is 1.81. The van der Waals surface area contributed by atoms with E-state index in [1.54, 1.807) is 18.2 Å². The van der Waals surface area contributed by atoms with Crippen molar-refractivity contribution in [2.45, 2.75) is 19.3 Å². The van der Waals surface area contributed by atoms with E-state index in [1.807, 2.05) is 0 Å². The second kappa shape index (κ2) is 8.52. The molecule has 1 aromatic carbocycles. The average Bonchev–Trinajstić information content (AvgIpc) is 3.02. The summed E-state index contributed by atoms with van der Waals surface area (Å²) in [6.45, 7) is 2.00. The van der Waals surface area contributed by atoms with Crippen LogP contribution in [0.1, 0.15) is 24.8 Å². The highest BCUT2D eigenvalue weighted by Crippen LogP contribution is 2.38. The van der Waals surface area contributed by atoms with Crippen LogP contribution in [0.5, 0.6) is 11.5 Å². The van der Waals surface area contributed by atoms with E-state index in [1.165, 1.54) is 25.3 Å². The number of terminal acetylenes is 1. The number of hydrogen-bond acceptors (Lipinski definition) is 5. The summed E-state index contributed by atoms with van der Waals surface area (Å²) >= 11 is 7.69. The van der Waals surface area contributed by atoms with Gasteiger partial charge in [0.1, 0.15) is 6.61 Å². The molecule has 0 aliphatic carbocycles. The molecule has 0 spiro atoms. The van der Waals surface area contributed by atoms with Gasteiger partial charge in [0, 0.05) is 13.1 Å². The van der Waals surface area contributed by atoms with Gasteiger partial charge in [0.15, 0.2) is 16.7 Å². The van der Waals surface area contributed by atoms with Crippen LogP contribution >= 0.6 is 23.4 Å². The second-order valence-electron chi connectivity index (χ2n) is 5.88. The number of hydrogen-bond donors (Lipinski definition) is 0. The molecule has 0 aromatic heterocycles. The Morgan fingerprint density at radius 2 is 2.15 bits per heavy atom. The number of thioether (sulfide) groups is 1. The first-order valence-corrected chi connectivity index (χ1v) is 9.53. The summed E-state index contributed by atoms with van der Waals surface area (Å²) < 4.78 is 10.8. The molecule has 5 nitrogen and oxygen atoms in total. The number of carbonyl (C=O) groups is 1. The number of aliphatic imine (C=N–C) groups is 1. The van der Waals surface area contributed by atoms with Gasteiger partial charge in [-0.3, -0.25) is 4.79 Å². The summed E-state index contributed by atoms with van der Waals surface area (Å²) in [6.07, 6.45) is 10.5. The van der Waals surface area contributed by atoms with E-state index in [0.717, 1.165) is 36.7 Å². The van der Waals surface area contributed by atoms with Crippen molar-refractivity contribution in [1.29, 1.82) is 0 Å². The molecule has 2 aliphatic heterocycles. The maximum absolute atomic E-state index is 12.3. The van der Waals surface area contributed by atoms with Crippen molar-refractivity contribution < 1.29 is 14.3 Å². The Bertz CT molecular complexity index is 808. The van der Waals surface area contributed by atoms with Crippen LogP contribution < -0.4 is 9.47 Å². The number of benzene rings is 1. The first-order valence-electron chi connectivity index (χ1n) is 8.33. The quantitative estimate of drug-likeness (QED) is 0.578. The van der Waals surface area contributed by atoms with Crippen molar-refractivity contribution in [3.05, 3.63) is 27.6 Å². The van der Waals surface area contributed by atoms with Crippen LogP contribution in [-0.2, 0) is 4.79 Å². The van der Waals surface area contributed by atoms with E-state index in [-0.39, 0.29) is 12.5 Å². The highest BCUT2D eigenvalue weighted by Gasteiger charge is 2.27. The normalized spacial score (nSPS) is 18.7. The summed E-state index contributed by atoms with van der Waals surface area (Å²) in [5.41, 5.74) is 0.742. The van der Waals surface area contributed by atoms with Crippen LogP contribution in [0, 0.1) is 12.3 Å². The average molecular weight is 391 g/mol. The van der Waals surface area contributed by atoms with Gasteiger partial charge in [0.05, 0.1) is 17.0 Å². The van der Waals surface area contributed by atoms with Crippen molar-refractivity contribution in [3.63, 3.8) is 0 Å². The molecule has 1 saturated heterocycles. The largest absolute Gasteiger partial charge is 0.493 e. The lowest BCUT2D eigenvalue weighted by molar-refractivity contribution is -0.113. The van der Waals surface area contributed by atoms with Crippen molar-refractivity contribution in [2.24, 2.45) is 4.99 Å². The molecule has 0 N–H and O–H groups in total. The molecule has 0 radical (unpaired) electrons. The van der Waals surface area contributed by atoms with Crippen LogP contribution in [0.3, 0.4) is 0 Å². The lowest BCUT2D eigenvalue weighted by Gasteiger charge is -2.27. The van der Waals surface area contributed by atoms with Gasteiger partial charge in [0.2, 0.25) is 0 Å². The fraction of sp³-hybridized carbons (Fsp3) is 0.368. The summed E-state index contributed by atoms with van der Waals surface area (Å²) in [5.74, 6) is 3.03. The van der Waals surface area contributed by atoms with E-state index in [9.17, 15) is 4.79 Å². The molecule has 0 unspecified atom stereocenters. The molecule has 1 fully saturated rings. The van der Waals surface area contributed by atoms with E-state index in [4.69, 9.17) is 27.5 Å². The number of nitrogens with zero attached hydrogens (tertiary/aromatic N) is 2. The zero-order valence-electron chi connectivity index (χ0n) is 14.5. The molecule has 1 aromatic rings. The van der Waals surface area contributed by atoms with Gasteiger partial charge in [0.25, 0.3) is 5.91 Å². The van der Waals surface area contributed by atoms with E-state index in [2.05, 4.69) is 15.8 Å². The third kappa shape index (κ3) is 4.17. The van der Waals surface area contributed by atoms with Gasteiger partial charge < -0.3 is 14.4 Å². The SMILES string of the molecule is C#CCOc1c(Cl)cc(/C=C2\SC(N3CCCCC3)=NC2=O)cc1OC. The molecule has 7 heteroatoms. The Labute approximate surface area is 162 Å². The molecule has 0 bridgehead atoms. The second-order valence-corrected chi connectivity index (χ2v) is 7.30. The van der Waals surface area contributed by atoms with Gasteiger partial charge in [-0.25, -0.2) is 0 Å². The Morgan fingerprint density at radius 1 is 1.38 bits per heavy atom. The standard InChI is InChI=1S/C19H19ClN2O3S/c1-3-9-25-17-14(20)10-13(11-15(17)24-2)12-16-18(23)21-19(26-16)22-7-5-4-6-8-22/h1,10-12H,4-9H2,2H3/b16-12-. The molecule has 0 saturated carbocycles. The topological polar surface area (TPSA) is 51.1 Å². The molecule has 3 rings (SSSR count).